The van der Waals surface area contributed by atoms with E-state index in [4.69, 9.17) is 4.74 Å². The van der Waals surface area contributed by atoms with Gasteiger partial charge in [-0.3, -0.25) is 0 Å². The predicted octanol–water partition coefficient (Wildman–Crippen LogP) is 4.16. The number of ether oxygens (including phenoxy) is 1. The van der Waals surface area contributed by atoms with E-state index in [0.29, 0.717) is 17.9 Å². The number of likely N-dealkylation sites (N-methyl/N-ethyl adjacent to an activating group) is 1. The molecule has 206 valence electrons. The van der Waals surface area contributed by atoms with E-state index in [1.54, 1.807) is 32.2 Å². The lowest BCUT2D eigenvalue weighted by atomic mass is 10.0. The Labute approximate surface area is 224 Å². The molecule has 1 heterocycles. The maximum Gasteiger partial charge on any atom is 0.321 e. The zero-order valence-electron chi connectivity index (χ0n) is 22.4. The molecule has 3 rings (SSSR count). The summed E-state index contributed by atoms with van der Waals surface area (Å²) in [5, 5.41) is 12.4. The Morgan fingerprint density at radius 1 is 1.26 bits per heavy atom. The smallest absolute Gasteiger partial charge is 0.321 e. The van der Waals surface area contributed by atoms with Gasteiger partial charge in [-0.2, -0.15) is 4.31 Å². The first-order valence-corrected chi connectivity index (χ1v) is 14.1. The summed E-state index contributed by atoms with van der Waals surface area (Å²) in [5.74, 6) is 5.79. The van der Waals surface area contributed by atoms with Gasteiger partial charge in [0.15, 0.2) is 0 Å². The van der Waals surface area contributed by atoms with Gasteiger partial charge in [-0.05, 0) is 43.2 Å². The molecule has 0 saturated carbocycles. The second-order valence-corrected chi connectivity index (χ2v) is 12.0. The number of para-hydroxylation sites is 1. The lowest BCUT2D eigenvalue weighted by Gasteiger charge is -2.37. The van der Waals surface area contributed by atoms with Crippen LogP contribution in [0.25, 0.3) is 0 Å². The zero-order valence-corrected chi connectivity index (χ0v) is 23.3. The van der Waals surface area contributed by atoms with E-state index < -0.39 is 34.0 Å². The van der Waals surface area contributed by atoms with Crippen LogP contribution in [0.1, 0.15) is 39.7 Å². The van der Waals surface area contributed by atoms with Crippen LogP contribution in [0.2, 0.25) is 0 Å². The zero-order chi connectivity index (χ0) is 28.0. The molecule has 38 heavy (non-hydrogen) atoms. The summed E-state index contributed by atoms with van der Waals surface area (Å²) >= 11 is 0. The Morgan fingerprint density at radius 2 is 1.97 bits per heavy atom. The molecule has 0 fully saturated rings. The summed E-state index contributed by atoms with van der Waals surface area (Å²) < 4.78 is 48.8. The van der Waals surface area contributed by atoms with E-state index >= 15 is 0 Å². The van der Waals surface area contributed by atoms with E-state index in [-0.39, 0.29) is 41.9 Å². The highest BCUT2D eigenvalue weighted by Gasteiger charge is 2.38. The average molecular weight is 546 g/mol. The van der Waals surface area contributed by atoms with Gasteiger partial charge in [0, 0.05) is 37.5 Å². The molecule has 2 N–H and O–H groups in total. The molecule has 1 aliphatic rings. The summed E-state index contributed by atoms with van der Waals surface area (Å²) in [5.41, 5.74) is 0.666. The molecular weight excluding hydrogens is 509 g/mol. The largest absolute Gasteiger partial charge is 0.487 e. The van der Waals surface area contributed by atoms with E-state index in [9.17, 15) is 22.7 Å². The van der Waals surface area contributed by atoms with Gasteiger partial charge < -0.3 is 20.1 Å². The maximum atomic E-state index is 14.0. The van der Waals surface area contributed by atoms with E-state index in [1.807, 2.05) is 6.92 Å². The second kappa shape index (κ2) is 12.6. The molecule has 2 aromatic carbocycles. The lowest BCUT2D eigenvalue weighted by molar-refractivity contribution is 0.0830. The summed E-state index contributed by atoms with van der Waals surface area (Å²) in [6, 6.07) is 9.40. The van der Waals surface area contributed by atoms with Gasteiger partial charge in [0.2, 0.25) is 10.0 Å². The fourth-order valence-electron chi connectivity index (χ4n) is 4.00. The monoisotopic (exact) mass is 545 g/mol. The minimum Gasteiger partial charge on any atom is -0.487 e. The first-order chi connectivity index (χ1) is 17.9. The van der Waals surface area contributed by atoms with Gasteiger partial charge >= 0.3 is 6.03 Å². The number of carbonyl (C=O) groups is 1. The quantitative estimate of drug-likeness (QED) is 0.532. The number of aliphatic hydroxyl groups is 1. The number of amides is 2. The number of benzene rings is 2. The molecule has 2 aromatic rings. The molecule has 8 nitrogen and oxygen atoms in total. The van der Waals surface area contributed by atoms with Crippen molar-refractivity contribution in [2.45, 2.75) is 51.2 Å². The first-order valence-electron chi connectivity index (χ1n) is 12.6. The van der Waals surface area contributed by atoms with Crippen molar-refractivity contribution in [2.24, 2.45) is 11.8 Å². The van der Waals surface area contributed by atoms with Crippen LogP contribution in [0, 0.1) is 29.5 Å². The van der Waals surface area contributed by atoms with Crippen LogP contribution in [0.4, 0.5) is 14.9 Å². The summed E-state index contributed by atoms with van der Waals surface area (Å²) in [6.07, 6.45) is 0.0902. The Hall–Kier alpha value is -3.13. The third-order valence-electron chi connectivity index (χ3n) is 6.33. The van der Waals surface area contributed by atoms with E-state index in [1.165, 1.54) is 33.5 Å². The van der Waals surface area contributed by atoms with Gasteiger partial charge in [-0.15, -0.1) is 0 Å². The highest BCUT2D eigenvalue weighted by Crippen LogP contribution is 2.34. The molecule has 0 spiro atoms. The molecule has 1 aliphatic heterocycles. The highest BCUT2D eigenvalue weighted by molar-refractivity contribution is 7.89. The fourth-order valence-corrected chi connectivity index (χ4v) is 5.83. The number of anilines is 1. The van der Waals surface area contributed by atoms with E-state index in [0.717, 1.165) is 0 Å². The number of hydrogen-bond acceptors (Lipinski definition) is 5. The molecule has 10 heteroatoms. The third-order valence-corrected chi connectivity index (χ3v) is 8.35. The summed E-state index contributed by atoms with van der Waals surface area (Å²) in [7, 11) is -2.43. The van der Waals surface area contributed by atoms with Crippen molar-refractivity contribution in [3.05, 3.63) is 53.8 Å². The van der Waals surface area contributed by atoms with Gasteiger partial charge in [0.25, 0.3) is 0 Å². The number of urea groups is 1. The third kappa shape index (κ3) is 7.04. The summed E-state index contributed by atoms with van der Waals surface area (Å²) in [4.78, 5) is 14.2. The molecule has 0 radical (unpaired) electrons. The number of sulfonamides is 1. The van der Waals surface area contributed by atoms with Crippen LogP contribution >= 0.6 is 0 Å². The lowest BCUT2D eigenvalue weighted by Crippen LogP contribution is -2.50. The van der Waals surface area contributed by atoms with Crippen LogP contribution in [0.5, 0.6) is 5.75 Å². The molecule has 0 aliphatic carbocycles. The molecule has 0 bridgehead atoms. The van der Waals surface area contributed by atoms with Gasteiger partial charge in [0.1, 0.15) is 22.6 Å². The van der Waals surface area contributed by atoms with Crippen molar-refractivity contribution in [3.8, 4) is 17.6 Å². The van der Waals surface area contributed by atoms with Crippen molar-refractivity contribution < 1.29 is 27.4 Å². The first kappa shape index (κ1) is 29.4. The van der Waals surface area contributed by atoms with Gasteiger partial charge in [-0.25, -0.2) is 17.6 Å². The van der Waals surface area contributed by atoms with Crippen molar-refractivity contribution in [2.75, 3.05) is 32.1 Å². The van der Waals surface area contributed by atoms with Crippen LogP contribution < -0.4 is 10.1 Å². The fraction of sp³-hybridized carbons (Fsp3) is 0.464. The molecular formula is C28H36FN3O5S. The molecule has 0 unspecified atom stereocenters. The maximum absolute atomic E-state index is 14.0. The van der Waals surface area contributed by atoms with Crippen molar-refractivity contribution in [1.29, 1.82) is 0 Å². The Kier molecular flexibility index (Phi) is 9.77. The average Bonchev–Trinajstić information content (AvgIpc) is 2.86. The Morgan fingerprint density at radius 3 is 2.63 bits per heavy atom. The SMILES string of the molecule is CC(C)CC#Cc1ccc2c(c1)O[C@@H](CN(C)C(=O)Nc1ccccc1F)[C@H](C)CN([C@H](C)CO)S2(=O)=O. The second-order valence-electron chi connectivity index (χ2n) is 10.1. The van der Waals surface area contributed by atoms with Crippen LogP contribution in [-0.2, 0) is 10.0 Å². The van der Waals surface area contributed by atoms with Gasteiger partial charge in [0.05, 0.1) is 18.8 Å². The molecule has 2 amide bonds. The number of rotatable bonds is 6. The summed E-state index contributed by atoms with van der Waals surface area (Å²) in [6.45, 7) is 7.42. The number of nitrogens with zero attached hydrogens (tertiary/aromatic N) is 2. The Bertz CT molecular complexity index is 1310. The molecule has 0 aromatic heterocycles. The normalized spacial score (nSPS) is 19.7. The number of carbonyl (C=O) groups excluding carboxylic acids is 1. The topological polar surface area (TPSA) is 99.2 Å². The van der Waals surface area contributed by atoms with Crippen LogP contribution in [0.15, 0.2) is 47.4 Å². The van der Waals surface area contributed by atoms with Crippen LogP contribution in [0.3, 0.4) is 0 Å². The number of halogens is 1. The van der Waals surface area contributed by atoms with Crippen molar-refractivity contribution in [1.82, 2.24) is 9.21 Å². The van der Waals surface area contributed by atoms with Crippen molar-refractivity contribution >= 4 is 21.7 Å². The number of nitrogens with one attached hydrogen (secondary N) is 1. The number of aliphatic hydroxyl groups excluding tert-OH is 1. The highest BCUT2D eigenvalue weighted by atomic mass is 32.2. The standard InChI is InChI=1S/C28H36FN3O5S/c1-19(2)9-8-10-22-13-14-27-25(15-22)37-26(20(3)16-32(21(4)18-33)38(27,35)36)17-31(5)28(34)30-24-12-7-6-11-23(24)29/h6-7,11-15,19-21,26,33H,9,16-18H2,1-5H3,(H,30,34)/t20-,21-,26+/m1/s1. The minimum atomic E-state index is -3.99. The Balaban J connectivity index is 1.95. The minimum absolute atomic E-state index is 0.0254. The predicted molar refractivity (Wildman–Crippen MR) is 145 cm³/mol. The van der Waals surface area contributed by atoms with Crippen molar-refractivity contribution in [3.63, 3.8) is 0 Å². The van der Waals surface area contributed by atoms with E-state index in [2.05, 4.69) is 31.0 Å². The number of hydrogen-bond donors (Lipinski definition) is 2. The van der Waals surface area contributed by atoms with Crippen LogP contribution in [-0.4, -0.2) is 67.7 Å². The molecule has 3 atom stereocenters. The number of fused-ring (bicyclic) bond motifs is 1. The molecule has 0 saturated heterocycles. The van der Waals surface area contributed by atoms with Gasteiger partial charge in [-0.1, -0.05) is 44.7 Å².